The van der Waals surface area contributed by atoms with Gasteiger partial charge in [-0.15, -0.1) is 0 Å². The number of hydrogen-bond donors (Lipinski definition) is 1. The van der Waals surface area contributed by atoms with Gasteiger partial charge in [-0.05, 0) is 17.2 Å². The van der Waals surface area contributed by atoms with E-state index < -0.39 is 0 Å². The molecule has 0 fully saturated rings. The molecule has 1 atom stereocenters. The summed E-state index contributed by atoms with van der Waals surface area (Å²) in [5.74, 6) is 2.44. The van der Waals surface area contributed by atoms with Crippen molar-refractivity contribution >= 4 is 17.5 Å². The number of carbonyl (C=O) groups excluding carboxylic acids is 1. The van der Waals surface area contributed by atoms with Crippen LogP contribution in [0.3, 0.4) is 0 Å². The summed E-state index contributed by atoms with van der Waals surface area (Å²) in [5.41, 5.74) is 1.05. The molecule has 0 aliphatic rings. The van der Waals surface area contributed by atoms with E-state index in [-0.39, 0.29) is 30.2 Å². The van der Waals surface area contributed by atoms with Crippen molar-refractivity contribution in [1.29, 1.82) is 0 Å². The molecule has 0 saturated carbocycles. The number of ether oxygens (including phenoxy) is 1. The fourth-order valence-corrected chi connectivity index (χ4v) is 3.05. The first kappa shape index (κ1) is 19.0. The standard InChI is InChI=1S/C17H27NO3S/c1-12(2)11-22-16(9-15(20)13(3)4)14-5-6-17(18-10-14)21-8-7-19/h5-6,10,12-13,16,19H,7-9,11H2,1-4H3. The number of aliphatic hydroxyl groups is 1. The van der Waals surface area contributed by atoms with Gasteiger partial charge in [0.25, 0.3) is 0 Å². The number of nitrogens with zero attached hydrogens (tertiary/aromatic N) is 1. The lowest BCUT2D eigenvalue weighted by Gasteiger charge is -2.18. The molecule has 5 heteroatoms. The van der Waals surface area contributed by atoms with E-state index in [0.717, 1.165) is 11.3 Å². The number of carbonyl (C=O) groups is 1. The van der Waals surface area contributed by atoms with Gasteiger partial charge in [0, 0.05) is 29.9 Å². The smallest absolute Gasteiger partial charge is 0.213 e. The van der Waals surface area contributed by atoms with Crippen LogP contribution < -0.4 is 4.74 Å². The van der Waals surface area contributed by atoms with Crippen molar-refractivity contribution in [2.45, 2.75) is 39.4 Å². The highest BCUT2D eigenvalue weighted by Crippen LogP contribution is 2.34. The number of pyridine rings is 1. The third-order valence-corrected chi connectivity index (χ3v) is 4.83. The minimum absolute atomic E-state index is 0.0286. The fourth-order valence-electron chi connectivity index (χ4n) is 1.82. The van der Waals surface area contributed by atoms with Crippen molar-refractivity contribution in [3.63, 3.8) is 0 Å². The molecule has 1 rings (SSSR count). The first-order valence-corrected chi connectivity index (χ1v) is 8.82. The van der Waals surface area contributed by atoms with Crippen molar-refractivity contribution in [3.8, 4) is 5.88 Å². The minimum Gasteiger partial charge on any atom is -0.475 e. The van der Waals surface area contributed by atoms with Crippen molar-refractivity contribution < 1.29 is 14.6 Å². The molecule has 0 saturated heterocycles. The molecule has 1 heterocycles. The van der Waals surface area contributed by atoms with Crippen molar-refractivity contribution in [2.24, 2.45) is 11.8 Å². The summed E-state index contributed by atoms with van der Waals surface area (Å²) in [4.78, 5) is 16.4. The Morgan fingerprint density at radius 3 is 2.55 bits per heavy atom. The summed E-state index contributed by atoms with van der Waals surface area (Å²) < 4.78 is 5.27. The van der Waals surface area contributed by atoms with E-state index in [1.807, 2.05) is 31.7 Å². The van der Waals surface area contributed by atoms with Gasteiger partial charge in [0.1, 0.15) is 12.4 Å². The zero-order valence-corrected chi connectivity index (χ0v) is 14.7. The van der Waals surface area contributed by atoms with E-state index in [1.165, 1.54) is 0 Å². The summed E-state index contributed by atoms with van der Waals surface area (Å²) in [5, 5.41) is 8.89. The van der Waals surface area contributed by atoms with Crippen LogP contribution >= 0.6 is 11.8 Å². The minimum atomic E-state index is -0.0286. The third kappa shape index (κ3) is 6.79. The number of hydrogen-bond acceptors (Lipinski definition) is 5. The second kappa shape index (κ2) is 9.85. The number of aromatic nitrogens is 1. The van der Waals surface area contributed by atoms with Crippen molar-refractivity contribution in [3.05, 3.63) is 23.9 Å². The Labute approximate surface area is 137 Å². The maximum absolute atomic E-state index is 12.1. The highest BCUT2D eigenvalue weighted by molar-refractivity contribution is 7.99. The van der Waals surface area contributed by atoms with Crippen LogP contribution in [0.4, 0.5) is 0 Å². The van der Waals surface area contributed by atoms with E-state index >= 15 is 0 Å². The van der Waals surface area contributed by atoms with Crippen LogP contribution in [0.15, 0.2) is 18.3 Å². The summed E-state index contributed by atoms with van der Waals surface area (Å²) in [6.07, 6.45) is 2.31. The fraction of sp³-hybridized carbons (Fsp3) is 0.647. The molecule has 1 aromatic rings. The van der Waals surface area contributed by atoms with E-state index in [4.69, 9.17) is 9.84 Å². The van der Waals surface area contributed by atoms with Gasteiger partial charge >= 0.3 is 0 Å². The molecule has 22 heavy (non-hydrogen) atoms. The van der Waals surface area contributed by atoms with E-state index in [1.54, 1.807) is 12.3 Å². The quantitative estimate of drug-likeness (QED) is 0.713. The molecule has 4 nitrogen and oxygen atoms in total. The maximum Gasteiger partial charge on any atom is 0.213 e. The molecule has 1 aromatic heterocycles. The van der Waals surface area contributed by atoms with Crippen LogP contribution in [0, 0.1) is 11.8 Å². The topological polar surface area (TPSA) is 59.4 Å². The second-order valence-corrected chi connectivity index (χ2v) is 7.28. The number of aliphatic hydroxyl groups excluding tert-OH is 1. The molecule has 1 unspecified atom stereocenters. The van der Waals surface area contributed by atoms with E-state index in [2.05, 4.69) is 18.8 Å². The molecule has 0 radical (unpaired) electrons. The second-order valence-electron chi connectivity index (χ2n) is 6.04. The van der Waals surface area contributed by atoms with E-state index in [9.17, 15) is 4.79 Å². The molecule has 0 aromatic carbocycles. The Morgan fingerprint density at radius 1 is 1.32 bits per heavy atom. The monoisotopic (exact) mass is 325 g/mol. The molecule has 124 valence electrons. The SMILES string of the molecule is CC(C)CSC(CC(=O)C(C)C)c1ccc(OCCO)nc1. The molecular weight excluding hydrogens is 298 g/mol. The summed E-state index contributed by atoms with van der Waals surface area (Å²) in [7, 11) is 0. The third-order valence-electron chi connectivity index (χ3n) is 3.13. The molecule has 0 amide bonds. The van der Waals surface area contributed by atoms with Crippen LogP contribution in [0.2, 0.25) is 0 Å². The van der Waals surface area contributed by atoms with Crippen molar-refractivity contribution in [2.75, 3.05) is 19.0 Å². The number of Topliss-reactive ketones (excluding diaryl/α,β-unsaturated/α-hetero) is 1. The Kier molecular flexibility index (Phi) is 8.49. The predicted molar refractivity (Wildman–Crippen MR) is 91.3 cm³/mol. The Morgan fingerprint density at radius 2 is 2.05 bits per heavy atom. The van der Waals surface area contributed by atoms with Gasteiger partial charge in [0.2, 0.25) is 5.88 Å². The van der Waals surface area contributed by atoms with Gasteiger partial charge in [-0.3, -0.25) is 4.79 Å². The van der Waals surface area contributed by atoms with Gasteiger partial charge in [0.15, 0.2) is 0 Å². The largest absolute Gasteiger partial charge is 0.475 e. The first-order chi connectivity index (χ1) is 10.4. The Bertz CT molecular complexity index is 446. The summed E-state index contributed by atoms with van der Waals surface area (Å²) in [6.45, 7) is 8.45. The van der Waals surface area contributed by atoms with Crippen LogP contribution in [0.25, 0.3) is 0 Å². The van der Waals surface area contributed by atoms with Gasteiger partial charge in [0.05, 0.1) is 6.61 Å². The van der Waals surface area contributed by atoms with Crippen molar-refractivity contribution in [1.82, 2.24) is 4.98 Å². The van der Waals surface area contributed by atoms with Crippen LogP contribution in [-0.4, -0.2) is 34.8 Å². The van der Waals surface area contributed by atoms with Gasteiger partial charge < -0.3 is 9.84 Å². The maximum atomic E-state index is 12.1. The number of thioether (sulfide) groups is 1. The lowest BCUT2D eigenvalue weighted by atomic mass is 10.0. The molecular formula is C17H27NO3S. The highest BCUT2D eigenvalue weighted by atomic mass is 32.2. The predicted octanol–water partition coefficient (Wildman–Crippen LogP) is 3.50. The first-order valence-electron chi connectivity index (χ1n) is 7.78. The van der Waals surface area contributed by atoms with E-state index in [0.29, 0.717) is 18.2 Å². The molecule has 1 N–H and O–H groups in total. The van der Waals surface area contributed by atoms with Crippen LogP contribution in [0.5, 0.6) is 5.88 Å². The number of ketones is 1. The Hall–Kier alpha value is -1.07. The average Bonchev–Trinajstić information content (AvgIpc) is 2.49. The lowest BCUT2D eigenvalue weighted by Crippen LogP contribution is -2.12. The molecule has 0 bridgehead atoms. The molecule has 0 aliphatic carbocycles. The Balaban J connectivity index is 2.78. The highest BCUT2D eigenvalue weighted by Gasteiger charge is 2.19. The summed E-state index contributed by atoms with van der Waals surface area (Å²) >= 11 is 1.81. The lowest BCUT2D eigenvalue weighted by molar-refractivity contribution is -0.121. The van der Waals surface area contributed by atoms with Crippen LogP contribution in [0.1, 0.15) is 44.9 Å². The normalized spacial score (nSPS) is 12.7. The van der Waals surface area contributed by atoms with Gasteiger partial charge in [-0.1, -0.05) is 33.8 Å². The van der Waals surface area contributed by atoms with Crippen LogP contribution in [-0.2, 0) is 4.79 Å². The zero-order chi connectivity index (χ0) is 16.5. The number of rotatable bonds is 10. The van der Waals surface area contributed by atoms with Gasteiger partial charge in [-0.2, -0.15) is 11.8 Å². The van der Waals surface area contributed by atoms with Gasteiger partial charge in [-0.25, -0.2) is 4.98 Å². The zero-order valence-electron chi connectivity index (χ0n) is 13.9. The molecule has 0 aliphatic heterocycles. The summed E-state index contributed by atoms with van der Waals surface area (Å²) in [6, 6.07) is 3.76. The molecule has 0 spiro atoms. The average molecular weight is 325 g/mol.